The fraction of sp³-hybridized carbons (Fsp3) is 0.105. The fourth-order valence-corrected chi connectivity index (χ4v) is 2.89. The Morgan fingerprint density at radius 2 is 1.57 bits per heavy atom. The van der Waals surface area contributed by atoms with Gasteiger partial charge in [-0.25, -0.2) is 0 Å². The Kier molecular flexibility index (Phi) is 4.56. The number of anilines is 1. The van der Waals surface area contributed by atoms with Crippen molar-refractivity contribution >= 4 is 51.9 Å². The molecule has 0 amide bonds. The van der Waals surface area contributed by atoms with Crippen LogP contribution in [0.15, 0.2) is 48.7 Å². The van der Waals surface area contributed by atoms with Gasteiger partial charge in [0.2, 0.25) is 0 Å². The van der Waals surface area contributed by atoms with Crippen LogP contribution in [0.1, 0.15) is 11.1 Å². The fourth-order valence-electron chi connectivity index (χ4n) is 2.43. The molecule has 3 aromatic rings. The third-order valence-electron chi connectivity index (χ3n) is 3.69. The molecule has 23 heavy (non-hydrogen) atoms. The topological polar surface area (TPSA) is 16.1 Å². The molecule has 0 aliphatic carbocycles. The minimum Gasteiger partial charge on any atom is -0.378 e. The highest BCUT2D eigenvalue weighted by atomic mass is 35.5. The van der Waals surface area contributed by atoms with E-state index in [9.17, 15) is 0 Å². The molecule has 0 saturated heterocycles. The monoisotopic (exact) mass is 342 g/mol. The molecule has 3 rings (SSSR count). The highest BCUT2D eigenvalue weighted by Crippen LogP contribution is 2.31. The van der Waals surface area contributed by atoms with Crippen LogP contribution in [0.25, 0.3) is 23.1 Å². The zero-order valence-corrected chi connectivity index (χ0v) is 14.4. The number of nitrogens with zero attached hydrogens (tertiary/aromatic N) is 2. The smallest absolute Gasteiger partial charge is 0.0909 e. The van der Waals surface area contributed by atoms with Crippen molar-refractivity contribution < 1.29 is 0 Å². The number of hydrogen-bond acceptors (Lipinski definition) is 2. The average Bonchev–Trinajstić information content (AvgIpc) is 2.56. The first-order valence-electron chi connectivity index (χ1n) is 7.24. The van der Waals surface area contributed by atoms with Gasteiger partial charge in [-0.05, 0) is 41.5 Å². The van der Waals surface area contributed by atoms with Crippen LogP contribution >= 0.6 is 23.2 Å². The summed E-state index contributed by atoms with van der Waals surface area (Å²) in [7, 11) is 4.05. The lowest BCUT2D eigenvalue weighted by atomic mass is 10.1. The molecule has 0 bridgehead atoms. The molecule has 116 valence electrons. The molecule has 2 aromatic carbocycles. The third-order valence-corrected chi connectivity index (χ3v) is 4.31. The molecule has 2 nitrogen and oxygen atoms in total. The van der Waals surface area contributed by atoms with Gasteiger partial charge in [0.25, 0.3) is 0 Å². The van der Waals surface area contributed by atoms with E-state index in [0.717, 1.165) is 22.0 Å². The van der Waals surface area contributed by atoms with Gasteiger partial charge in [-0.1, -0.05) is 47.5 Å². The SMILES string of the molecule is CN(C)c1ccc(/C=C/c2ccnc3c(Cl)ccc(Cl)c23)cc1. The minimum absolute atomic E-state index is 0.606. The van der Waals surface area contributed by atoms with Crippen LogP contribution in [-0.2, 0) is 0 Å². The van der Waals surface area contributed by atoms with E-state index in [-0.39, 0.29) is 0 Å². The van der Waals surface area contributed by atoms with E-state index in [4.69, 9.17) is 23.2 Å². The number of aromatic nitrogens is 1. The predicted molar refractivity (Wildman–Crippen MR) is 101 cm³/mol. The summed E-state index contributed by atoms with van der Waals surface area (Å²) in [4.78, 5) is 6.41. The van der Waals surface area contributed by atoms with Crippen LogP contribution in [0.2, 0.25) is 10.0 Å². The molecule has 1 aromatic heterocycles. The molecule has 0 atom stereocenters. The van der Waals surface area contributed by atoms with Crippen LogP contribution < -0.4 is 4.90 Å². The Labute approximate surface area is 146 Å². The summed E-state index contributed by atoms with van der Waals surface area (Å²) >= 11 is 12.5. The first-order valence-corrected chi connectivity index (χ1v) is 8.00. The van der Waals surface area contributed by atoms with Gasteiger partial charge < -0.3 is 4.90 Å². The minimum atomic E-state index is 0.606. The van der Waals surface area contributed by atoms with Gasteiger partial charge >= 0.3 is 0 Å². The Balaban J connectivity index is 1.99. The van der Waals surface area contributed by atoms with E-state index >= 15 is 0 Å². The molecular formula is C19H16Cl2N2. The van der Waals surface area contributed by atoms with Crippen LogP contribution in [0, 0.1) is 0 Å². The summed E-state index contributed by atoms with van der Waals surface area (Å²) in [5.41, 5.74) is 4.02. The summed E-state index contributed by atoms with van der Waals surface area (Å²) in [6, 6.07) is 13.9. The van der Waals surface area contributed by atoms with E-state index in [1.54, 1.807) is 18.3 Å². The molecule has 0 aliphatic heterocycles. The van der Waals surface area contributed by atoms with Crippen molar-refractivity contribution in [1.82, 2.24) is 4.98 Å². The van der Waals surface area contributed by atoms with Crippen molar-refractivity contribution in [2.75, 3.05) is 19.0 Å². The van der Waals surface area contributed by atoms with Crippen molar-refractivity contribution in [2.24, 2.45) is 0 Å². The van der Waals surface area contributed by atoms with Gasteiger partial charge in [0.15, 0.2) is 0 Å². The van der Waals surface area contributed by atoms with Crippen LogP contribution in [-0.4, -0.2) is 19.1 Å². The van der Waals surface area contributed by atoms with E-state index < -0.39 is 0 Å². The molecule has 0 saturated carbocycles. The largest absolute Gasteiger partial charge is 0.378 e. The Bertz CT molecular complexity index is 868. The van der Waals surface area contributed by atoms with E-state index in [2.05, 4.69) is 40.2 Å². The maximum atomic E-state index is 6.33. The zero-order chi connectivity index (χ0) is 16.4. The summed E-state index contributed by atoms with van der Waals surface area (Å²) < 4.78 is 0. The average molecular weight is 343 g/mol. The van der Waals surface area contributed by atoms with Crippen molar-refractivity contribution in [3.05, 3.63) is 69.8 Å². The second-order valence-corrected chi connectivity index (χ2v) is 6.29. The van der Waals surface area contributed by atoms with E-state index in [1.165, 1.54) is 5.69 Å². The van der Waals surface area contributed by atoms with Crippen molar-refractivity contribution in [3.8, 4) is 0 Å². The number of benzene rings is 2. The first-order chi connectivity index (χ1) is 11.1. The van der Waals surface area contributed by atoms with Crippen molar-refractivity contribution in [3.63, 3.8) is 0 Å². The molecular weight excluding hydrogens is 327 g/mol. The van der Waals surface area contributed by atoms with Crippen LogP contribution in [0.4, 0.5) is 5.69 Å². The molecule has 0 fully saturated rings. The van der Waals surface area contributed by atoms with Gasteiger partial charge in [-0.3, -0.25) is 4.98 Å². The van der Waals surface area contributed by atoms with Crippen LogP contribution in [0.5, 0.6) is 0 Å². The number of pyridine rings is 1. The second-order valence-electron chi connectivity index (χ2n) is 5.47. The normalized spacial score (nSPS) is 11.3. The summed E-state index contributed by atoms with van der Waals surface area (Å²) in [5.74, 6) is 0. The highest BCUT2D eigenvalue weighted by molar-refractivity contribution is 6.40. The van der Waals surface area contributed by atoms with Gasteiger partial charge in [0, 0.05) is 31.4 Å². The second kappa shape index (κ2) is 6.61. The summed E-state index contributed by atoms with van der Waals surface area (Å²) in [6.07, 6.45) is 5.85. The quantitative estimate of drug-likeness (QED) is 0.599. The number of hydrogen-bond donors (Lipinski definition) is 0. The number of fused-ring (bicyclic) bond motifs is 1. The van der Waals surface area contributed by atoms with Gasteiger partial charge in [-0.2, -0.15) is 0 Å². The maximum absolute atomic E-state index is 6.33. The van der Waals surface area contributed by atoms with Crippen molar-refractivity contribution in [1.29, 1.82) is 0 Å². The lowest BCUT2D eigenvalue weighted by Crippen LogP contribution is -2.07. The van der Waals surface area contributed by atoms with E-state index in [1.807, 2.05) is 26.2 Å². The Morgan fingerprint density at radius 1 is 0.870 bits per heavy atom. The van der Waals surface area contributed by atoms with Gasteiger partial charge in [-0.15, -0.1) is 0 Å². The lowest BCUT2D eigenvalue weighted by Gasteiger charge is -2.11. The summed E-state index contributed by atoms with van der Waals surface area (Å²) in [6.45, 7) is 0. The molecule has 0 unspecified atom stereocenters. The lowest BCUT2D eigenvalue weighted by molar-refractivity contribution is 1.13. The third kappa shape index (κ3) is 3.34. The molecule has 4 heteroatoms. The maximum Gasteiger partial charge on any atom is 0.0909 e. The van der Waals surface area contributed by atoms with Gasteiger partial charge in [0.1, 0.15) is 0 Å². The Hall–Kier alpha value is -2.03. The first kappa shape index (κ1) is 15.9. The molecule has 0 aliphatic rings. The number of halogens is 2. The number of rotatable bonds is 3. The summed E-state index contributed by atoms with van der Waals surface area (Å²) in [5, 5.41) is 2.14. The standard InChI is InChI=1S/C19H16Cl2N2/c1-23(2)15-7-4-13(5-8-15)3-6-14-11-12-22-19-17(21)10-9-16(20)18(14)19/h3-12H,1-2H3/b6-3+. The predicted octanol–water partition coefficient (Wildman–Crippen LogP) is 5.78. The van der Waals surface area contributed by atoms with Gasteiger partial charge in [0.05, 0.1) is 15.6 Å². The molecule has 0 radical (unpaired) electrons. The van der Waals surface area contributed by atoms with E-state index in [0.29, 0.717) is 10.0 Å². The molecule has 0 N–H and O–H groups in total. The molecule has 1 heterocycles. The van der Waals surface area contributed by atoms with Crippen LogP contribution in [0.3, 0.4) is 0 Å². The Morgan fingerprint density at radius 3 is 2.26 bits per heavy atom. The van der Waals surface area contributed by atoms with Crippen molar-refractivity contribution in [2.45, 2.75) is 0 Å². The molecule has 0 spiro atoms. The highest BCUT2D eigenvalue weighted by Gasteiger charge is 2.07. The zero-order valence-electron chi connectivity index (χ0n) is 12.9.